The predicted molar refractivity (Wildman–Crippen MR) is 72.2 cm³/mol. The third-order valence-electron chi connectivity index (χ3n) is 2.88. The summed E-state index contributed by atoms with van der Waals surface area (Å²) in [7, 11) is 0. The average molecular weight is 255 g/mol. The smallest absolute Gasteiger partial charge is 0.195 e. The standard InChI is InChI=1S/C15H13NO3/c1-10-5-7-11(8-6-10)15(18)14(16-19)12-3-2-4-13(17)9-12/h2-9,14,17H,1H3. The second kappa shape index (κ2) is 5.44. The highest BCUT2D eigenvalue weighted by atomic mass is 16.3. The predicted octanol–water partition coefficient (Wildman–Crippen LogP) is 3.39. The van der Waals surface area contributed by atoms with Gasteiger partial charge in [0.15, 0.2) is 11.8 Å². The minimum atomic E-state index is -1.13. The molecule has 0 saturated carbocycles. The number of hydrogen-bond acceptors (Lipinski definition) is 4. The van der Waals surface area contributed by atoms with Crippen molar-refractivity contribution in [2.45, 2.75) is 13.0 Å². The highest BCUT2D eigenvalue weighted by Crippen LogP contribution is 2.25. The highest BCUT2D eigenvalue weighted by molar-refractivity contribution is 6.00. The average Bonchev–Trinajstić information content (AvgIpc) is 2.40. The lowest BCUT2D eigenvalue weighted by Gasteiger charge is -2.09. The van der Waals surface area contributed by atoms with Crippen LogP contribution in [0.25, 0.3) is 0 Å². The van der Waals surface area contributed by atoms with Crippen molar-refractivity contribution in [1.82, 2.24) is 0 Å². The lowest BCUT2D eigenvalue weighted by atomic mass is 9.97. The molecule has 1 unspecified atom stereocenters. The van der Waals surface area contributed by atoms with E-state index in [0.29, 0.717) is 11.1 Å². The summed E-state index contributed by atoms with van der Waals surface area (Å²) in [6.07, 6.45) is 0. The number of hydrogen-bond donors (Lipinski definition) is 1. The molecular weight excluding hydrogens is 242 g/mol. The Hall–Kier alpha value is -2.49. The molecule has 4 heteroatoms. The molecule has 1 N–H and O–H groups in total. The van der Waals surface area contributed by atoms with E-state index >= 15 is 0 Å². The molecule has 0 aliphatic rings. The number of nitroso groups, excluding NO2 is 1. The van der Waals surface area contributed by atoms with Gasteiger partial charge in [-0.2, -0.15) is 0 Å². The largest absolute Gasteiger partial charge is 0.508 e. The summed E-state index contributed by atoms with van der Waals surface area (Å²) in [6, 6.07) is 11.8. The molecule has 0 aromatic heterocycles. The number of nitrogens with zero attached hydrogens (tertiary/aromatic N) is 1. The third kappa shape index (κ3) is 2.85. The molecule has 2 aromatic carbocycles. The van der Waals surface area contributed by atoms with E-state index in [1.54, 1.807) is 36.4 Å². The third-order valence-corrected chi connectivity index (χ3v) is 2.88. The maximum absolute atomic E-state index is 12.2. The fourth-order valence-corrected chi connectivity index (χ4v) is 1.83. The lowest BCUT2D eigenvalue weighted by molar-refractivity contribution is 0.0962. The fraction of sp³-hybridized carbons (Fsp3) is 0.133. The van der Waals surface area contributed by atoms with Gasteiger partial charge >= 0.3 is 0 Å². The number of aryl methyl sites for hydroxylation is 1. The fourth-order valence-electron chi connectivity index (χ4n) is 1.83. The van der Waals surface area contributed by atoms with Crippen molar-refractivity contribution in [2.75, 3.05) is 0 Å². The molecular formula is C15H13NO3. The van der Waals surface area contributed by atoms with E-state index in [1.165, 1.54) is 12.1 Å². The first-order valence-corrected chi connectivity index (χ1v) is 5.84. The maximum Gasteiger partial charge on any atom is 0.195 e. The summed E-state index contributed by atoms with van der Waals surface area (Å²) < 4.78 is 0. The van der Waals surface area contributed by atoms with Crippen molar-refractivity contribution in [1.29, 1.82) is 0 Å². The molecule has 0 spiro atoms. The quantitative estimate of drug-likeness (QED) is 0.672. The van der Waals surface area contributed by atoms with Crippen molar-refractivity contribution in [3.05, 3.63) is 70.1 Å². The maximum atomic E-state index is 12.2. The summed E-state index contributed by atoms with van der Waals surface area (Å²) in [5.74, 6) is -0.372. The number of carbonyl (C=O) groups excluding carboxylic acids is 1. The summed E-state index contributed by atoms with van der Waals surface area (Å²) in [6.45, 7) is 1.92. The highest BCUT2D eigenvalue weighted by Gasteiger charge is 2.23. The van der Waals surface area contributed by atoms with Crippen LogP contribution in [-0.4, -0.2) is 10.9 Å². The van der Waals surface area contributed by atoms with E-state index in [0.717, 1.165) is 5.56 Å². The minimum Gasteiger partial charge on any atom is -0.508 e. The molecule has 0 heterocycles. The first-order chi connectivity index (χ1) is 9.11. The lowest BCUT2D eigenvalue weighted by Crippen LogP contribution is -2.10. The number of phenols is 1. The van der Waals surface area contributed by atoms with E-state index in [1.807, 2.05) is 6.92 Å². The van der Waals surface area contributed by atoms with Crippen molar-refractivity contribution in [3.63, 3.8) is 0 Å². The van der Waals surface area contributed by atoms with Gasteiger partial charge < -0.3 is 5.11 Å². The Balaban J connectivity index is 2.34. The zero-order valence-electron chi connectivity index (χ0n) is 10.4. The monoisotopic (exact) mass is 255 g/mol. The molecule has 0 aliphatic carbocycles. The van der Waals surface area contributed by atoms with Crippen LogP contribution < -0.4 is 0 Å². The van der Waals surface area contributed by atoms with Crippen molar-refractivity contribution in [3.8, 4) is 5.75 Å². The van der Waals surface area contributed by atoms with Gasteiger partial charge in [0, 0.05) is 5.56 Å². The number of carbonyl (C=O) groups is 1. The van der Waals surface area contributed by atoms with Crippen LogP contribution in [-0.2, 0) is 0 Å². The number of rotatable bonds is 4. The van der Waals surface area contributed by atoms with Gasteiger partial charge in [0.05, 0.1) is 0 Å². The van der Waals surface area contributed by atoms with Gasteiger partial charge in [-0.15, -0.1) is 4.91 Å². The Bertz CT molecular complexity index is 605. The molecule has 0 radical (unpaired) electrons. The Kier molecular flexibility index (Phi) is 3.71. The van der Waals surface area contributed by atoms with Crippen molar-refractivity contribution < 1.29 is 9.90 Å². The van der Waals surface area contributed by atoms with Gasteiger partial charge in [-0.3, -0.25) is 4.79 Å². The minimum absolute atomic E-state index is 0.00264. The van der Waals surface area contributed by atoms with Gasteiger partial charge in [-0.05, 0) is 24.6 Å². The summed E-state index contributed by atoms with van der Waals surface area (Å²) in [5, 5.41) is 12.3. The first kappa shape index (κ1) is 13.0. The number of benzene rings is 2. The molecule has 1 atom stereocenters. The Labute approximate surface area is 110 Å². The van der Waals surface area contributed by atoms with E-state index in [2.05, 4.69) is 5.18 Å². The van der Waals surface area contributed by atoms with Gasteiger partial charge in [0.25, 0.3) is 0 Å². The van der Waals surface area contributed by atoms with Crippen LogP contribution in [0.2, 0.25) is 0 Å². The number of phenolic OH excluding ortho intramolecular Hbond substituents is 1. The topological polar surface area (TPSA) is 66.7 Å². The van der Waals surface area contributed by atoms with Gasteiger partial charge in [0.2, 0.25) is 0 Å². The SMILES string of the molecule is Cc1ccc(C(=O)C(N=O)c2cccc(O)c2)cc1. The van der Waals surface area contributed by atoms with Crippen LogP contribution in [0.15, 0.2) is 53.7 Å². The molecule has 0 amide bonds. The second-order valence-corrected chi connectivity index (χ2v) is 4.33. The van der Waals surface area contributed by atoms with Crippen LogP contribution in [0.5, 0.6) is 5.75 Å². The Morgan fingerprint density at radius 1 is 1.16 bits per heavy atom. The Morgan fingerprint density at radius 3 is 2.42 bits per heavy atom. The van der Waals surface area contributed by atoms with Crippen molar-refractivity contribution >= 4 is 5.78 Å². The number of ketones is 1. The molecule has 0 fully saturated rings. The van der Waals surface area contributed by atoms with Crippen LogP contribution >= 0.6 is 0 Å². The van der Waals surface area contributed by atoms with E-state index in [4.69, 9.17) is 0 Å². The van der Waals surface area contributed by atoms with Gasteiger partial charge in [-0.1, -0.05) is 47.1 Å². The normalized spacial score (nSPS) is 11.8. The number of aromatic hydroxyl groups is 1. The van der Waals surface area contributed by atoms with Crippen molar-refractivity contribution in [2.24, 2.45) is 5.18 Å². The number of Topliss-reactive ketones (excluding diaryl/α,β-unsaturated/α-hetero) is 1. The molecule has 0 bridgehead atoms. The van der Waals surface area contributed by atoms with E-state index in [-0.39, 0.29) is 11.5 Å². The van der Waals surface area contributed by atoms with Crippen LogP contribution in [0, 0.1) is 11.8 Å². The molecule has 96 valence electrons. The molecule has 19 heavy (non-hydrogen) atoms. The van der Waals surface area contributed by atoms with Crippen LogP contribution in [0.4, 0.5) is 0 Å². The van der Waals surface area contributed by atoms with Gasteiger partial charge in [-0.25, -0.2) is 0 Å². The van der Waals surface area contributed by atoms with Gasteiger partial charge in [0.1, 0.15) is 5.75 Å². The van der Waals surface area contributed by atoms with Crippen LogP contribution in [0.3, 0.4) is 0 Å². The molecule has 2 aromatic rings. The summed E-state index contributed by atoms with van der Waals surface area (Å²) >= 11 is 0. The Morgan fingerprint density at radius 2 is 1.84 bits per heavy atom. The van der Waals surface area contributed by atoms with E-state index < -0.39 is 6.04 Å². The second-order valence-electron chi connectivity index (χ2n) is 4.33. The zero-order chi connectivity index (χ0) is 13.8. The first-order valence-electron chi connectivity index (χ1n) is 5.84. The molecule has 4 nitrogen and oxygen atoms in total. The molecule has 2 rings (SSSR count). The zero-order valence-corrected chi connectivity index (χ0v) is 10.4. The molecule has 0 saturated heterocycles. The molecule has 0 aliphatic heterocycles. The summed E-state index contributed by atoms with van der Waals surface area (Å²) in [4.78, 5) is 23.2. The summed E-state index contributed by atoms with van der Waals surface area (Å²) in [5.41, 5.74) is 1.85. The van der Waals surface area contributed by atoms with E-state index in [9.17, 15) is 14.8 Å². The van der Waals surface area contributed by atoms with Crippen LogP contribution in [0.1, 0.15) is 27.5 Å².